The van der Waals surface area contributed by atoms with Crippen molar-refractivity contribution in [2.75, 3.05) is 0 Å². The van der Waals surface area contributed by atoms with Crippen molar-refractivity contribution >= 4 is 0 Å². The molecule has 0 fully saturated rings. The molecule has 0 aliphatic heterocycles. The average molecular weight is 359 g/mol. The van der Waals surface area contributed by atoms with Gasteiger partial charge in [-0.25, -0.2) is 0 Å². The Bertz CT molecular complexity index is 1030. The molecule has 3 aromatic rings. The third-order valence-corrected chi connectivity index (χ3v) is 4.94. The summed E-state index contributed by atoms with van der Waals surface area (Å²) < 4.78 is 11.4. The Kier molecular flexibility index (Phi) is 4.41. The highest BCUT2D eigenvalue weighted by molar-refractivity contribution is 5.69. The van der Waals surface area contributed by atoms with E-state index in [1.165, 1.54) is 11.1 Å². The standard InChI is InChI=1S/C22H21N3O2/c1-13(2)26-20-10-8-15(12-23)11-19(20)22-24-21(25-27-22)18-6-4-5-16-14(3)7-9-17(16)18/h4-6,8,10-11,13-14H,7,9H2,1-3H3/t14-/m1/s1. The van der Waals surface area contributed by atoms with Crippen molar-refractivity contribution < 1.29 is 9.26 Å². The maximum Gasteiger partial charge on any atom is 0.262 e. The summed E-state index contributed by atoms with van der Waals surface area (Å²) >= 11 is 0. The van der Waals surface area contributed by atoms with Crippen molar-refractivity contribution in [3.05, 3.63) is 53.1 Å². The van der Waals surface area contributed by atoms with E-state index in [-0.39, 0.29) is 6.10 Å². The van der Waals surface area contributed by atoms with Crippen LogP contribution in [0.1, 0.15) is 49.8 Å². The van der Waals surface area contributed by atoms with Gasteiger partial charge in [-0.2, -0.15) is 10.2 Å². The van der Waals surface area contributed by atoms with Gasteiger partial charge in [-0.1, -0.05) is 30.3 Å². The summed E-state index contributed by atoms with van der Waals surface area (Å²) in [7, 11) is 0. The maximum atomic E-state index is 9.24. The highest BCUT2D eigenvalue weighted by Crippen LogP contribution is 2.39. The number of hydrogen-bond donors (Lipinski definition) is 0. The first kappa shape index (κ1) is 17.3. The number of nitrogens with zero attached hydrogens (tertiary/aromatic N) is 3. The molecule has 5 heteroatoms. The molecule has 1 heterocycles. The normalized spacial score (nSPS) is 15.6. The van der Waals surface area contributed by atoms with Crippen LogP contribution in [-0.4, -0.2) is 16.2 Å². The molecular formula is C22H21N3O2. The van der Waals surface area contributed by atoms with Crippen molar-refractivity contribution in [2.45, 2.75) is 45.6 Å². The molecule has 0 amide bonds. The van der Waals surface area contributed by atoms with Gasteiger partial charge in [-0.15, -0.1) is 0 Å². The van der Waals surface area contributed by atoms with Crippen LogP contribution in [0.3, 0.4) is 0 Å². The van der Waals surface area contributed by atoms with Crippen molar-refractivity contribution in [3.63, 3.8) is 0 Å². The van der Waals surface area contributed by atoms with Crippen LogP contribution in [-0.2, 0) is 6.42 Å². The molecule has 0 unspecified atom stereocenters. The predicted octanol–water partition coefficient (Wildman–Crippen LogP) is 5.11. The van der Waals surface area contributed by atoms with Gasteiger partial charge in [0.15, 0.2) is 0 Å². The molecule has 0 saturated carbocycles. The molecule has 0 radical (unpaired) electrons. The van der Waals surface area contributed by atoms with E-state index in [0.29, 0.717) is 34.5 Å². The minimum absolute atomic E-state index is 0.00189. The number of rotatable bonds is 4. The molecule has 0 spiro atoms. The van der Waals surface area contributed by atoms with E-state index in [4.69, 9.17) is 9.26 Å². The number of fused-ring (bicyclic) bond motifs is 1. The first-order valence-electron chi connectivity index (χ1n) is 9.24. The van der Waals surface area contributed by atoms with Crippen LogP contribution in [0.25, 0.3) is 22.8 Å². The van der Waals surface area contributed by atoms with Gasteiger partial charge in [0, 0.05) is 5.56 Å². The fourth-order valence-corrected chi connectivity index (χ4v) is 3.64. The molecule has 0 bridgehead atoms. The number of ether oxygens (including phenoxy) is 1. The predicted molar refractivity (Wildman–Crippen MR) is 102 cm³/mol. The number of benzene rings is 2. The van der Waals surface area contributed by atoms with Crippen molar-refractivity contribution in [1.82, 2.24) is 10.1 Å². The van der Waals surface area contributed by atoms with E-state index in [1.807, 2.05) is 19.9 Å². The monoisotopic (exact) mass is 359 g/mol. The number of aromatic nitrogens is 2. The summed E-state index contributed by atoms with van der Waals surface area (Å²) in [6.07, 6.45) is 2.17. The summed E-state index contributed by atoms with van der Waals surface area (Å²) in [5.41, 5.74) is 4.86. The molecule has 1 aliphatic carbocycles. The number of hydrogen-bond acceptors (Lipinski definition) is 5. The van der Waals surface area contributed by atoms with Crippen LogP contribution in [0, 0.1) is 11.3 Å². The quantitative estimate of drug-likeness (QED) is 0.647. The lowest BCUT2D eigenvalue weighted by molar-refractivity contribution is 0.242. The lowest BCUT2D eigenvalue weighted by Gasteiger charge is -2.12. The smallest absolute Gasteiger partial charge is 0.262 e. The van der Waals surface area contributed by atoms with Crippen LogP contribution in [0.4, 0.5) is 0 Å². The average Bonchev–Trinajstić information content (AvgIpc) is 3.29. The molecule has 0 N–H and O–H groups in total. The Morgan fingerprint density at radius 2 is 2.07 bits per heavy atom. The van der Waals surface area contributed by atoms with Gasteiger partial charge in [0.2, 0.25) is 5.82 Å². The molecule has 0 saturated heterocycles. The largest absolute Gasteiger partial charge is 0.490 e. The van der Waals surface area contributed by atoms with Gasteiger partial charge < -0.3 is 9.26 Å². The highest BCUT2D eigenvalue weighted by atomic mass is 16.5. The van der Waals surface area contributed by atoms with Gasteiger partial charge in [0.25, 0.3) is 5.89 Å². The third-order valence-electron chi connectivity index (χ3n) is 4.94. The lowest BCUT2D eigenvalue weighted by atomic mass is 9.99. The molecule has 2 aromatic carbocycles. The van der Waals surface area contributed by atoms with Gasteiger partial charge in [0.05, 0.1) is 23.3 Å². The molecule has 5 nitrogen and oxygen atoms in total. The van der Waals surface area contributed by atoms with E-state index >= 15 is 0 Å². The maximum absolute atomic E-state index is 9.24. The molecule has 1 aromatic heterocycles. The summed E-state index contributed by atoms with van der Waals surface area (Å²) in [5.74, 6) is 2.13. The Labute approximate surface area is 158 Å². The van der Waals surface area contributed by atoms with E-state index in [1.54, 1.807) is 18.2 Å². The van der Waals surface area contributed by atoms with Crippen molar-refractivity contribution in [2.24, 2.45) is 0 Å². The van der Waals surface area contributed by atoms with E-state index < -0.39 is 0 Å². The summed E-state index contributed by atoms with van der Waals surface area (Å²) in [6, 6.07) is 13.7. The zero-order valence-corrected chi connectivity index (χ0v) is 15.7. The first-order valence-corrected chi connectivity index (χ1v) is 9.24. The SMILES string of the molecule is CC(C)Oc1ccc(C#N)cc1-c1nc(-c2cccc3c2CC[C@H]3C)no1. The third kappa shape index (κ3) is 3.19. The Hall–Kier alpha value is -3.13. The fourth-order valence-electron chi connectivity index (χ4n) is 3.64. The first-order chi connectivity index (χ1) is 13.1. The summed E-state index contributed by atoms with van der Waals surface area (Å²) in [4.78, 5) is 4.63. The number of nitriles is 1. The zero-order valence-electron chi connectivity index (χ0n) is 15.7. The Balaban J connectivity index is 1.77. The highest BCUT2D eigenvalue weighted by Gasteiger charge is 2.24. The minimum Gasteiger partial charge on any atom is -0.490 e. The van der Waals surface area contributed by atoms with Crippen LogP contribution in [0.2, 0.25) is 0 Å². The molecule has 136 valence electrons. The van der Waals surface area contributed by atoms with Gasteiger partial charge in [0.1, 0.15) is 5.75 Å². The van der Waals surface area contributed by atoms with Crippen LogP contribution in [0.5, 0.6) is 5.75 Å². The van der Waals surface area contributed by atoms with Gasteiger partial charge in [-0.05, 0) is 61.9 Å². The van der Waals surface area contributed by atoms with Crippen LogP contribution >= 0.6 is 0 Å². The van der Waals surface area contributed by atoms with E-state index in [2.05, 4.69) is 35.3 Å². The summed E-state index contributed by atoms with van der Waals surface area (Å²) in [6.45, 7) is 6.16. The zero-order chi connectivity index (χ0) is 19.0. The second-order valence-electron chi connectivity index (χ2n) is 7.23. The minimum atomic E-state index is -0.00189. The van der Waals surface area contributed by atoms with E-state index in [9.17, 15) is 5.26 Å². The van der Waals surface area contributed by atoms with Crippen LogP contribution < -0.4 is 4.74 Å². The van der Waals surface area contributed by atoms with Crippen molar-refractivity contribution in [1.29, 1.82) is 5.26 Å². The topological polar surface area (TPSA) is 71.9 Å². The molecule has 1 aliphatic rings. The van der Waals surface area contributed by atoms with E-state index in [0.717, 1.165) is 18.4 Å². The summed E-state index contributed by atoms with van der Waals surface area (Å²) in [5, 5.41) is 13.5. The van der Waals surface area contributed by atoms with Gasteiger partial charge >= 0.3 is 0 Å². The second-order valence-corrected chi connectivity index (χ2v) is 7.23. The molecule has 1 atom stereocenters. The van der Waals surface area contributed by atoms with Gasteiger partial charge in [-0.3, -0.25) is 0 Å². The molecular weight excluding hydrogens is 338 g/mol. The lowest BCUT2D eigenvalue weighted by Crippen LogP contribution is -2.06. The second kappa shape index (κ2) is 6.88. The van der Waals surface area contributed by atoms with Crippen LogP contribution in [0.15, 0.2) is 40.9 Å². The fraction of sp³-hybridized carbons (Fsp3) is 0.318. The van der Waals surface area contributed by atoms with Crippen molar-refractivity contribution in [3.8, 4) is 34.7 Å². The molecule has 4 rings (SSSR count). The Morgan fingerprint density at radius 3 is 2.85 bits per heavy atom. The molecule has 27 heavy (non-hydrogen) atoms. The Morgan fingerprint density at radius 1 is 1.22 bits per heavy atom.